The fourth-order valence-corrected chi connectivity index (χ4v) is 8.44. The molecule has 1 atom stereocenters. The van der Waals surface area contributed by atoms with Crippen molar-refractivity contribution in [2.45, 2.75) is 25.8 Å². The molecule has 8 rings (SSSR count). The average Bonchev–Trinajstić information content (AvgIpc) is 3.69. The molecule has 0 aliphatic rings. The number of aliphatic hydroxyl groups is 1. The van der Waals surface area contributed by atoms with E-state index in [0.717, 1.165) is 84.7 Å². The van der Waals surface area contributed by atoms with Gasteiger partial charge in [0, 0.05) is 28.5 Å². The van der Waals surface area contributed by atoms with E-state index in [2.05, 4.69) is 146 Å². The standard InChI is InChI=1S/C57H49ClN2O2/c1-3-40(34-48-18-10-11-19-50(48)39(2)51(21-13-33-61)57(60-38-59)44-16-8-5-9-17-44)23-24-47-36-46(30-29-45(47)35-41-14-6-4-7-15-41)42-25-27-43(28-26-42)52-20-12-22-54-56(52)53-32-31-49(58)37-55(53)62-54/h3-33,36-37,57,60-61H,2,34-35,38,59H2,1H3/b24-23-,33-13-,40-3+,51-21+. The molecule has 0 saturated heterocycles. The van der Waals surface area contributed by atoms with Gasteiger partial charge in [0.25, 0.3) is 0 Å². The summed E-state index contributed by atoms with van der Waals surface area (Å²) < 4.78 is 6.19. The molecule has 8 aromatic rings. The molecule has 0 aliphatic carbocycles. The highest BCUT2D eigenvalue weighted by Crippen LogP contribution is 2.39. The Morgan fingerprint density at radius 1 is 0.758 bits per heavy atom. The molecule has 0 aliphatic heterocycles. The van der Waals surface area contributed by atoms with Gasteiger partial charge in [-0.2, -0.15) is 0 Å². The van der Waals surface area contributed by atoms with E-state index < -0.39 is 0 Å². The molecular formula is C57H49ClN2O2. The normalized spacial score (nSPS) is 12.8. The van der Waals surface area contributed by atoms with Crippen LogP contribution in [0.15, 0.2) is 217 Å². The molecular weight excluding hydrogens is 780 g/mol. The third kappa shape index (κ3) is 9.34. The van der Waals surface area contributed by atoms with Gasteiger partial charge in [0.05, 0.1) is 12.3 Å². The molecule has 1 unspecified atom stereocenters. The molecule has 0 fully saturated rings. The number of furan rings is 1. The van der Waals surface area contributed by atoms with Crippen molar-refractivity contribution in [3.05, 3.63) is 250 Å². The number of aliphatic hydroxyl groups excluding tert-OH is 1. The van der Waals surface area contributed by atoms with E-state index in [1.54, 1.807) is 6.08 Å². The van der Waals surface area contributed by atoms with Crippen molar-refractivity contribution in [3.63, 3.8) is 0 Å². The Bertz CT molecular complexity index is 2960. The van der Waals surface area contributed by atoms with Crippen LogP contribution in [0.2, 0.25) is 5.02 Å². The second-order valence-electron chi connectivity index (χ2n) is 15.3. The highest BCUT2D eigenvalue weighted by Gasteiger charge is 2.21. The van der Waals surface area contributed by atoms with Crippen molar-refractivity contribution in [1.29, 1.82) is 0 Å². The van der Waals surface area contributed by atoms with Crippen LogP contribution in [0.4, 0.5) is 0 Å². The van der Waals surface area contributed by atoms with Gasteiger partial charge in [0.15, 0.2) is 0 Å². The SMILES string of the molecule is C=C(/C(=C\C=C/O)C(NCN)c1ccccc1)c1ccccc1CC(/C=C\c1cc(-c2ccc(-c3cccc4oc5cc(Cl)ccc5c34)cc2)ccc1Cc1ccccc1)=C/C. The largest absolute Gasteiger partial charge is 0.516 e. The molecule has 0 saturated carbocycles. The molecule has 0 bridgehead atoms. The second-order valence-corrected chi connectivity index (χ2v) is 15.7. The number of nitrogens with two attached hydrogens (primary N) is 1. The Kier molecular flexibility index (Phi) is 13.2. The number of halogens is 1. The van der Waals surface area contributed by atoms with E-state index in [1.807, 2.05) is 60.7 Å². The number of allylic oxidation sites excluding steroid dienone is 5. The summed E-state index contributed by atoms with van der Waals surface area (Å²) in [6, 6.07) is 56.6. The van der Waals surface area contributed by atoms with Gasteiger partial charge in [0.1, 0.15) is 11.2 Å². The first-order chi connectivity index (χ1) is 30.4. The van der Waals surface area contributed by atoms with Gasteiger partial charge in [-0.05, 0) is 122 Å². The van der Waals surface area contributed by atoms with Crippen LogP contribution >= 0.6 is 11.6 Å². The van der Waals surface area contributed by atoms with Crippen LogP contribution in [-0.2, 0) is 12.8 Å². The molecule has 0 radical (unpaired) electrons. The third-order valence-electron chi connectivity index (χ3n) is 11.4. The van der Waals surface area contributed by atoms with Crippen LogP contribution in [0.5, 0.6) is 0 Å². The molecule has 7 aromatic carbocycles. The van der Waals surface area contributed by atoms with Gasteiger partial charge in [-0.3, -0.25) is 5.32 Å². The minimum atomic E-state index is -0.225. The number of benzene rings is 7. The van der Waals surface area contributed by atoms with E-state index >= 15 is 0 Å². The van der Waals surface area contributed by atoms with Crippen LogP contribution in [0.3, 0.4) is 0 Å². The van der Waals surface area contributed by atoms with Crippen LogP contribution in [-0.4, -0.2) is 11.8 Å². The minimum Gasteiger partial charge on any atom is -0.516 e. The molecule has 0 spiro atoms. The molecule has 306 valence electrons. The van der Waals surface area contributed by atoms with Crippen molar-refractivity contribution in [2.24, 2.45) is 5.73 Å². The Hall–Kier alpha value is -6.95. The van der Waals surface area contributed by atoms with Gasteiger partial charge in [-0.1, -0.05) is 176 Å². The van der Waals surface area contributed by atoms with Crippen LogP contribution in [0.25, 0.3) is 55.8 Å². The zero-order valence-electron chi connectivity index (χ0n) is 34.8. The van der Waals surface area contributed by atoms with Crippen molar-refractivity contribution < 1.29 is 9.52 Å². The summed E-state index contributed by atoms with van der Waals surface area (Å²) >= 11 is 6.30. The van der Waals surface area contributed by atoms with Crippen LogP contribution in [0, 0.1) is 0 Å². The highest BCUT2D eigenvalue weighted by molar-refractivity contribution is 6.31. The van der Waals surface area contributed by atoms with Crippen molar-refractivity contribution in [2.75, 3.05) is 6.67 Å². The first-order valence-electron chi connectivity index (χ1n) is 20.9. The zero-order chi connectivity index (χ0) is 42.8. The lowest BCUT2D eigenvalue weighted by atomic mass is 9.86. The van der Waals surface area contributed by atoms with E-state index in [0.29, 0.717) is 11.4 Å². The first-order valence-corrected chi connectivity index (χ1v) is 21.3. The van der Waals surface area contributed by atoms with E-state index in [9.17, 15) is 5.11 Å². The smallest absolute Gasteiger partial charge is 0.136 e. The zero-order valence-corrected chi connectivity index (χ0v) is 35.5. The van der Waals surface area contributed by atoms with Gasteiger partial charge >= 0.3 is 0 Å². The summed E-state index contributed by atoms with van der Waals surface area (Å²) in [6.45, 7) is 6.99. The topological polar surface area (TPSA) is 71.4 Å². The molecule has 4 N–H and O–H groups in total. The summed E-state index contributed by atoms with van der Waals surface area (Å²) in [6.07, 6.45) is 12.8. The number of hydrogen-bond acceptors (Lipinski definition) is 4. The Morgan fingerprint density at radius 2 is 1.48 bits per heavy atom. The van der Waals surface area contributed by atoms with Crippen molar-refractivity contribution in [3.8, 4) is 22.3 Å². The monoisotopic (exact) mass is 828 g/mol. The molecule has 0 amide bonds. The summed E-state index contributed by atoms with van der Waals surface area (Å²) in [5, 5.41) is 15.9. The molecule has 1 heterocycles. The van der Waals surface area contributed by atoms with Crippen molar-refractivity contribution >= 4 is 45.2 Å². The fourth-order valence-electron chi connectivity index (χ4n) is 8.28. The van der Waals surface area contributed by atoms with E-state index in [-0.39, 0.29) is 12.7 Å². The minimum absolute atomic E-state index is 0.225. The van der Waals surface area contributed by atoms with Crippen LogP contribution < -0.4 is 11.1 Å². The van der Waals surface area contributed by atoms with Crippen LogP contribution in [0.1, 0.15) is 46.3 Å². The first kappa shape index (κ1) is 41.8. The predicted molar refractivity (Wildman–Crippen MR) is 262 cm³/mol. The molecule has 62 heavy (non-hydrogen) atoms. The summed E-state index contributed by atoms with van der Waals surface area (Å²) in [5.74, 6) is 0. The summed E-state index contributed by atoms with van der Waals surface area (Å²) in [5.41, 5.74) is 22.1. The predicted octanol–water partition coefficient (Wildman–Crippen LogP) is 14.6. The summed E-state index contributed by atoms with van der Waals surface area (Å²) in [4.78, 5) is 0. The van der Waals surface area contributed by atoms with Crippen molar-refractivity contribution in [1.82, 2.24) is 5.32 Å². The number of rotatable bonds is 15. The number of hydrogen-bond donors (Lipinski definition) is 3. The van der Waals surface area contributed by atoms with E-state index in [4.69, 9.17) is 21.8 Å². The Morgan fingerprint density at radius 3 is 2.24 bits per heavy atom. The summed E-state index contributed by atoms with van der Waals surface area (Å²) in [7, 11) is 0. The lowest BCUT2D eigenvalue weighted by Gasteiger charge is -2.25. The fraction of sp³-hybridized carbons (Fsp3) is 0.0877. The maximum atomic E-state index is 9.69. The van der Waals surface area contributed by atoms with Gasteiger partial charge in [-0.25, -0.2) is 0 Å². The van der Waals surface area contributed by atoms with Gasteiger partial charge in [-0.15, -0.1) is 0 Å². The molecule has 4 nitrogen and oxygen atoms in total. The molecule has 5 heteroatoms. The van der Waals surface area contributed by atoms with Gasteiger partial charge in [0.2, 0.25) is 0 Å². The third-order valence-corrected chi connectivity index (χ3v) is 11.7. The van der Waals surface area contributed by atoms with Gasteiger partial charge < -0.3 is 15.3 Å². The molecule has 1 aromatic heterocycles. The maximum absolute atomic E-state index is 9.69. The second kappa shape index (κ2) is 19.6. The van der Waals surface area contributed by atoms with E-state index in [1.165, 1.54) is 22.3 Å². The quantitative estimate of drug-likeness (QED) is 0.0547. The lowest BCUT2D eigenvalue weighted by Crippen LogP contribution is -2.29. The highest BCUT2D eigenvalue weighted by atomic mass is 35.5. The number of fused-ring (bicyclic) bond motifs is 3. The lowest BCUT2D eigenvalue weighted by molar-refractivity contribution is 0.473. The number of nitrogens with one attached hydrogen (secondary N) is 1. The Labute approximate surface area is 369 Å². The Balaban J connectivity index is 1.10. The average molecular weight is 829 g/mol. The maximum Gasteiger partial charge on any atom is 0.136 e.